The Kier molecular flexibility index (Phi) is 4.70. The van der Waals surface area contributed by atoms with Crippen LogP contribution in [0, 0.1) is 12.7 Å². The fraction of sp³-hybridized carbons (Fsp3) is 0.333. The maximum atomic E-state index is 13.8. The van der Waals surface area contributed by atoms with Gasteiger partial charge in [-0.15, -0.1) is 0 Å². The fourth-order valence-electron chi connectivity index (χ4n) is 2.07. The fourth-order valence-corrected chi connectivity index (χ4v) is 2.07. The highest BCUT2D eigenvalue weighted by atomic mass is 19.1. The highest BCUT2D eigenvalue weighted by molar-refractivity contribution is 5.95. The van der Waals surface area contributed by atoms with Crippen molar-refractivity contribution in [1.29, 1.82) is 0 Å². The van der Waals surface area contributed by atoms with Gasteiger partial charge in [-0.3, -0.25) is 4.79 Å². The average molecular weight is 290 g/mol. The summed E-state index contributed by atoms with van der Waals surface area (Å²) in [5.41, 5.74) is 1.45. The number of carbonyl (C=O) groups is 1. The Hall–Kier alpha value is -2.21. The summed E-state index contributed by atoms with van der Waals surface area (Å²) in [5.74, 6) is -0.489. The number of rotatable bonds is 5. The molecule has 6 heteroatoms. The van der Waals surface area contributed by atoms with Gasteiger partial charge in [0, 0.05) is 20.1 Å². The summed E-state index contributed by atoms with van der Waals surface area (Å²) in [6, 6.07) is 6.36. The predicted octanol–water partition coefficient (Wildman–Crippen LogP) is 1.61. The Morgan fingerprint density at radius 1 is 1.43 bits per heavy atom. The number of carbonyl (C=O) groups excluding carboxylic acids is 1. The van der Waals surface area contributed by atoms with Gasteiger partial charge in [0.25, 0.3) is 5.91 Å². The maximum Gasteiger partial charge on any atom is 0.257 e. The Morgan fingerprint density at radius 3 is 2.81 bits per heavy atom. The maximum absolute atomic E-state index is 13.8. The standard InChI is InChI=1S/C15H19FN4O/c1-11-12(15(21)19(3)9-8-17-2)10-18-20(11)14-7-5-4-6-13(14)16/h4-7,10,17H,8-9H2,1-3H3. The highest BCUT2D eigenvalue weighted by Crippen LogP contribution is 2.17. The zero-order valence-electron chi connectivity index (χ0n) is 12.4. The van der Waals surface area contributed by atoms with Gasteiger partial charge in [-0.05, 0) is 26.1 Å². The molecule has 0 radical (unpaired) electrons. The first-order chi connectivity index (χ1) is 10.1. The van der Waals surface area contributed by atoms with Gasteiger partial charge < -0.3 is 10.2 Å². The molecule has 0 aliphatic rings. The molecule has 0 fully saturated rings. The van der Waals surface area contributed by atoms with Crippen LogP contribution in [0.25, 0.3) is 5.69 Å². The van der Waals surface area contributed by atoms with Crippen molar-refractivity contribution < 1.29 is 9.18 Å². The quantitative estimate of drug-likeness (QED) is 0.910. The molecule has 1 N–H and O–H groups in total. The monoisotopic (exact) mass is 290 g/mol. The number of nitrogens with one attached hydrogen (secondary N) is 1. The van der Waals surface area contributed by atoms with Gasteiger partial charge >= 0.3 is 0 Å². The van der Waals surface area contributed by atoms with Crippen LogP contribution in [0.4, 0.5) is 4.39 Å². The van der Waals surface area contributed by atoms with Gasteiger partial charge in [0.1, 0.15) is 11.5 Å². The van der Waals surface area contributed by atoms with Crippen LogP contribution in [0.15, 0.2) is 30.5 Å². The number of nitrogens with zero attached hydrogens (tertiary/aromatic N) is 3. The van der Waals surface area contributed by atoms with Gasteiger partial charge in [-0.2, -0.15) is 5.10 Å². The molecule has 0 spiro atoms. The Labute approximate surface area is 123 Å². The van der Waals surface area contributed by atoms with Crippen molar-refractivity contribution in [2.45, 2.75) is 6.92 Å². The molecule has 1 amide bonds. The first-order valence-corrected chi connectivity index (χ1v) is 6.76. The molecule has 0 bridgehead atoms. The number of aromatic nitrogens is 2. The number of amides is 1. The van der Waals surface area contributed by atoms with Gasteiger partial charge in [-0.25, -0.2) is 9.07 Å². The normalized spacial score (nSPS) is 10.7. The average Bonchev–Trinajstić information content (AvgIpc) is 2.86. The van der Waals surface area contributed by atoms with Crippen molar-refractivity contribution in [3.05, 3.63) is 47.5 Å². The molecule has 0 atom stereocenters. The van der Waals surface area contributed by atoms with Crippen LogP contribution in [0.5, 0.6) is 0 Å². The first kappa shape index (κ1) is 15.2. The summed E-state index contributed by atoms with van der Waals surface area (Å²) >= 11 is 0. The van der Waals surface area contributed by atoms with E-state index in [1.54, 1.807) is 37.1 Å². The topological polar surface area (TPSA) is 50.2 Å². The predicted molar refractivity (Wildman–Crippen MR) is 79.1 cm³/mol. The Morgan fingerprint density at radius 2 is 2.14 bits per heavy atom. The summed E-state index contributed by atoms with van der Waals surface area (Å²) in [7, 11) is 3.57. The number of halogens is 1. The van der Waals surface area contributed by atoms with Crippen LogP contribution in [0.1, 0.15) is 16.1 Å². The van der Waals surface area contributed by atoms with Crippen molar-refractivity contribution >= 4 is 5.91 Å². The lowest BCUT2D eigenvalue weighted by Crippen LogP contribution is -2.33. The summed E-state index contributed by atoms with van der Waals surface area (Å²) in [6.45, 7) is 3.07. The minimum atomic E-state index is -0.369. The molecule has 2 aromatic rings. The van der Waals surface area contributed by atoms with E-state index in [9.17, 15) is 9.18 Å². The van der Waals surface area contributed by atoms with E-state index >= 15 is 0 Å². The van der Waals surface area contributed by atoms with Crippen molar-refractivity contribution in [1.82, 2.24) is 20.0 Å². The molecular formula is C15H19FN4O. The number of para-hydroxylation sites is 1. The van der Waals surface area contributed by atoms with Gasteiger partial charge in [-0.1, -0.05) is 12.1 Å². The molecule has 0 unspecified atom stereocenters. The van der Waals surface area contributed by atoms with Crippen LogP contribution >= 0.6 is 0 Å². The Balaban J connectivity index is 2.29. The molecule has 2 rings (SSSR count). The summed E-state index contributed by atoms with van der Waals surface area (Å²) in [6.07, 6.45) is 1.49. The van der Waals surface area contributed by atoms with E-state index in [2.05, 4.69) is 10.4 Å². The molecule has 0 aliphatic carbocycles. The lowest BCUT2D eigenvalue weighted by molar-refractivity contribution is 0.0796. The second-order valence-electron chi connectivity index (χ2n) is 4.84. The SMILES string of the molecule is CNCCN(C)C(=O)c1cnn(-c2ccccc2F)c1C. The molecule has 112 valence electrons. The minimum Gasteiger partial charge on any atom is -0.340 e. The summed E-state index contributed by atoms with van der Waals surface area (Å²) < 4.78 is 15.3. The Bertz CT molecular complexity index is 638. The molecule has 0 aliphatic heterocycles. The first-order valence-electron chi connectivity index (χ1n) is 6.76. The summed E-state index contributed by atoms with van der Waals surface area (Å²) in [5, 5.41) is 7.14. The molecular weight excluding hydrogens is 271 g/mol. The lowest BCUT2D eigenvalue weighted by Gasteiger charge is -2.16. The van der Waals surface area contributed by atoms with Crippen molar-refractivity contribution in [2.24, 2.45) is 0 Å². The van der Waals surface area contributed by atoms with E-state index in [1.165, 1.54) is 16.9 Å². The van der Waals surface area contributed by atoms with Crippen LogP contribution in [0.3, 0.4) is 0 Å². The van der Waals surface area contributed by atoms with Crippen LogP contribution < -0.4 is 5.32 Å². The van der Waals surface area contributed by atoms with E-state index < -0.39 is 0 Å². The molecule has 1 aromatic carbocycles. The number of benzene rings is 1. The smallest absolute Gasteiger partial charge is 0.257 e. The van der Waals surface area contributed by atoms with E-state index in [4.69, 9.17) is 0 Å². The second-order valence-corrected chi connectivity index (χ2v) is 4.84. The zero-order chi connectivity index (χ0) is 15.4. The highest BCUT2D eigenvalue weighted by Gasteiger charge is 2.19. The molecule has 0 saturated carbocycles. The van der Waals surface area contributed by atoms with Gasteiger partial charge in [0.2, 0.25) is 0 Å². The molecule has 0 saturated heterocycles. The van der Waals surface area contributed by atoms with E-state index in [0.29, 0.717) is 30.0 Å². The van der Waals surface area contributed by atoms with Crippen LogP contribution in [0.2, 0.25) is 0 Å². The minimum absolute atomic E-state index is 0.120. The largest absolute Gasteiger partial charge is 0.340 e. The van der Waals surface area contributed by atoms with Crippen LogP contribution in [-0.2, 0) is 0 Å². The number of hydrogen-bond acceptors (Lipinski definition) is 3. The van der Waals surface area contributed by atoms with Crippen LogP contribution in [-0.4, -0.2) is 47.8 Å². The van der Waals surface area contributed by atoms with Crippen molar-refractivity contribution in [2.75, 3.05) is 27.2 Å². The lowest BCUT2D eigenvalue weighted by atomic mass is 10.2. The molecule has 1 heterocycles. The number of likely N-dealkylation sites (N-methyl/N-ethyl adjacent to an activating group) is 2. The van der Waals surface area contributed by atoms with E-state index in [0.717, 1.165) is 0 Å². The third-order valence-corrected chi connectivity index (χ3v) is 3.36. The van der Waals surface area contributed by atoms with Gasteiger partial charge in [0.15, 0.2) is 0 Å². The second kappa shape index (κ2) is 6.49. The summed E-state index contributed by atoms with van der Waals surface area (Å²) in [4.78, 5) is 14.0. The van der Waals surface area contributed by atoms with Crippen molar-refractivity contribution in [3.63, 3.8) is 0 Å². The van der Waals surface area contributed by atoms with E-state index in [-0.39, 0.29) is 11.7 Å². The third kappa shape index (κ3) is 3.11. The molecule has 5 nitrogen and oxygen atoms in total. The zero-order valence-corrected chi connectivity index (χ0v) is 12.4. The number of hydrogen-bond donors (Lipinski definition) is 1. The molecule has 21 heavy (non-hydrogen) atoms. The van der Waals surface area contributed by atoms with E-state index in [1.807, 2.05) is 7.05 Å². The van der Waals surface area contributed by atoms with Gasteiger partial charge in [0.05, 0.1) is 17.5 Å². The molecule has 1 aromatic heterocycles. The third-order valence-electron chi connectivity index (χ3n) is 3.36. The van der Waals surface area contributed by atoms with Crippen molar-refractivity contribution in [3.8, 4) is 5.69 Å².